The molecule has 0 saturated heterocycles. The van der Waals surface area contributed by atoms with Gasteiger partial charge in [-0.1, -0.05) is 60.2 Å². The van der Waals surface area contributed by atoms with Crippen LogP contribution in [0.3, 0.4) is 0 Å². The molecule has 0 aliphatic heterocycles. The van der Waals surface area contributed by atoms with E-state index in [4.69, 9.17) is 0 Å². The number of benzene rings is 2. The zero-order valence-corrected chi connectivity index (χ0v) is 10.7. The van der Waals surface area contributed by atoms with E-state index in [-0.39, 0.29) is 5.78 Å². The van der Waals surface area contributed by atoms with E-state index < -0.39 is 0 Å². The van der Waals surface area contributed by atoms with Gasteiger partial charge in [0.15, 0.2) is 5.78 Å². The number of carbonyl (C=O) groups is 1. The van der Waals surface area contributed by atoms with Crippen LogP contribution in [-0.2, 0) is 0 Å². The van der Waals surface area contributed by atoms with E-state index in [2.05, 4.69) is 0 Å². The summed E-state index contributed by atoms with van der Waals surface area (Å²) in [6.45, 7) is 4.00. The predicted octanol–water partition coefficient (Wildman–Crippen LogP) is 4.20. The molecule has 0 unspecified atom stereocenters. The molecule has 0 aromatic heterocycles. The number of hydrogen-bond donors (Lipinski definition) is 0. The minimum Gasteiger partial charge on any atom is -0.289 e. The van der Waals surface area contributed by atoms with Crippen molar-refractivity contribution in [3.8, 4) is 0 Å². The Labute approximate surface area is 108 Å². The van der Waals surface area contributed by atoms with Gasteiger partial charge in [0, 0.05) is 5.56 Å². The van der Waals surface area contributed by atoms with Gasteiger partial charge in [0.2, 0.25) is 0 Å². The number of aryl methyl sites for hydroxylation is 2. The van der Waals surface area contributed by atoms with Gasteiger partial charge in [0.25, 0.3) is 0 Å². The van der Waals surface area contributed by atoms with E-state index in [1.165, 1.54) is 5.56 Å². The summed E-state index contributed by atoms with van der Waals surface area (Å²) in [5.41, 5.74) is 4.04. The van der Waals surface area contributed by atoms with Crippen molar-refractivity contribution in [1.82, 2.24) is 0 Å². The van der Waals surface area contributed by atoms with Crippen LogP contribution < -0.4 is 0 Å². The molecule has 2 aromatic carbocycles. The maximum atomic E-state index is 12.0. The highest BCUT2D eigenvalue weighted by Crippen LogP contribution is 2.10. The topological polar surface area (TPSA) is 17.1 Å². The second-order valence-corrected chi connectivity index (χ2v) is 4.42. The van der Waals surface area contributed by atoms with Crippen LogP contribution in [0.4, 0.5) is 0 Å². The standard InChI is InChI=1S/C17H16O/c1-13-7-9-15(10-8-13)11-12-17(18)16-6-4-3-5-14(16)2/h3-12H,1-2H3. The van der Waals surface area contributed by atoms with Crippen molar-refractivity contribution < 1.29 is 4.79 Å². The Balaban J connectivity index is 2.17. The highest BCUT2D eigenvalue weighted by molar-refractivity contribution is 6.07. The molecule has 0 amide bonds. The van der Waals surface area contributed by atoms with Crippen molar-refractivity contribution in [3.05, 3.63) is 76.9 Å². The molecule has 0 bridgehead atoms. The van der Waals surface area contributed by atoms with Gasteiger partial charge >= 0.3 is 0 Å². The number of ketones is 1. The lowest BCUT2D eigenvalue weighted by Crippen LogP contribution is -1.96. The molecule has 0 spiro atoms. The quantitative estimate of drug-likeness (QED) is 0.576. The van der Waals surface area contributed by atoms with Gasteiger partial charge in [-0.05, 0) is 31.1 Å². The zero-order valence-electron chi connectivity index (χ0n) is 10.7. The first-order valence-corrected chi connectivity index (χ1v) is 6.01. The molecule has 0 aliphatic carbocycles. The van der Waals surface area contributed by atoms with Gasteiger partial charge in [-0.3, -0.25) is 4.79 Å². The molecule has 0 radical (unpaired) electrons. The number of allylic oxidation sites excluding steroid dienone is 1. The summed E-state index contributed by atoms with van der Waals surface area (Å²) in [6.07, 6.45) is 3.49. The van der Waals surface area contributed by atoms with Crippen LogP contribution in [0, 0.1) is 13.8 Å². The summed E-state index contributed by atoms with van der Waals surface area (Å²) in [5.74, 6) is 0.0497. The highest BCUT2D eigenvalue weighted by Gasteiger charge is 2.03. The maximum absolute atomic E-state index is 12.0. The van der Waals surface area contributed by atoms with Crippen LogP contribution in [0.2, 0.25) is 0 Å². The molecule has 0 saturated carbocycles. The third kappa shape index (κ3) is 2.95. The van der Waals surface area contributed by atoms with Crippen LogP contribution in [0.5, 0.6) is 0 Å². The smallest absolute Gasteiger partial charge is 0.186 e. The first kappa shape index (κ1) is 12.3. The van der Waals surface area contributed by atoms with E-state index in [0.717, 1.165) is 16.7 Å². The van der Waals surface area contributed by atoms with Crippen molar-refractivity contribution in [3.63, 3.8) is 0 Å². The molecule has 2 rings (SSSR count). The Hall–Kier alpha value is -2.15. The molecule has 90 valence electrons. The van der Waals surface area contributed by atoms with Crippen LogP contribution in [0.25, 0.3) is 6.08 Å². The summed E-state index contributed by atoms with van der Waals surface area (Å²) in [4.78, 5) is 12.0. The summed E-state index contributed by atoms with van der Waals surface area (Å²) in [5, 5.41) is 0. The fourth-order valence-corrected chi connectivity index (χ4v) is 1.79. The third-order valence-corrected chi connectivity index (χ3v) is 2.92. The molecule has 2 aromatic rings. The second-order valence-electron chi connectivity index (χ2n) is 4.42. The van der Waals surface area contributed by atoms with Crippen molar-refractivity contribution in [2.45, 2.75) is 13.8 Å². The number of hydrogen-bond acceptors (Lipinski definition) is 1. The lowest BCUT2D eigenvalue weighted by atomic mass is 10.0. The molecule has 1 heteroatoms. The van der Waals surface area contributed by atoms with Gasteiger partial charge in [-0.2, -0.15) is 0 Å². The fourth-order valence-electron chi connectivity index (χ4n) is 1.79. The average molecular weight is 236 g/mol. The van der Waals surface area contributed by atoms with E-state index in [9.17, 15) is 4.79 Å². The molecular weight excluding hydrogens is 220 g/mol. The summed E-state index contributed by atoms with van der Waals surface area (Å²) in [6, 6.07) is 15.7. The normalized spacial score (nSPS) is 10.8. The molecule has 1 nitrogen and oxygen atoms in total. The van der Waals surface area contributed by atoms with Gasteiger partial charge < -0.3 is 0 Å². The Morgan fingerprint density at radius 3 is 2.28 bits per heavy atom. The first-order valence-electron chi connectivity index (χ1n) is 6.01. The van der Waals surface area contributed by atoms with Crippen LogP contribution >= 0.6 is 0 Å². The first-order chi connectivity index (χ1) is 8.66. The fraction of sp³-hybridized carbons (Fsp3) is 0.118. The SMILES string of the molecule is Cc1ccc(C=CC(=O)c2ccccc2C)cc1. The predicted molar refractivity (Wildman–Crippen MR) is 75.7 cm³/mol. The summed E-state index contributed by atoms with van der Waals surface area (Å²) >= 11 is 0. The van der Waals surface area contributed by atoms with E-state index >= 15 is 0 Å². The summed E-state index contributed by atoms with van der Waals surface area (Å²) < 4.78 is 0. The zero-order chi connectivity index (χ0) is 13.0. The molecule has 0 heterocycles. The summed E-state index contributed by atoms with van der Waals surface area (Å²) in [7, 11) is 0. The van der Waals surface area contributed by atoms with Crippen molar-refractivity contribution in [2.24, 2.45) is 0 Å². The van der Waals surface area contributed by atoms with E-state index in [1.807, 2.05) is 68.5 Å². The monoisotopic (exact) mass is 236 g/mol. The molecule has 0 atom stereocenters. The van der Waals surface area contributed by atoms with Crippen molar-refractivity contribution in [1.29, 1.82) is 0 Å². The van der Waals surface area contributed by atoms with Crippen LogP contribution in [-0.4, -0.2) is 5.78 Å². The maximum Gasteiger partial charge on any atom is 0.186 e. The lowest BCUT2D eigenvalue weighted by molar-refractivity contribution is 0.104. The average Bonchev–Trinajstić information content (AvgIpc) is 2.38. The highest BCUT2D eigenvalue weighted by atomic mass is 16.1. The number of rotatable bonds is 3. The second kappa shape index (κ2) is 5.46. The Bertz CT molecular complexity index is 577. The van der Waals surface area contributed by atoms with Crippen molar-refractivity contribution in [2.75, 3.05) is 0 Å². The molecule has 0 N–H and O–H groups in total. The Morgan fingerprint density at radius 2 is 1.61 bits per heavy atom. The minimum atomic E-state index is 0.0497. The van der Waals surface area contributed by atoms with Gasteiger partial charge in [-0.25, -0.2) is 0 Å². The molecule has 0 fully saturated rings. The van der Waals surface area contributed by atoms with Crippen molar-refractivity contribution >= 4 is 11.9 Å². The Kier molecular flexibility index (Phi) is 3.73. The lowest BCUT2D eigenvalue weighted by Gasteiger charge is -2.00. The molecular formula is C17H16O. The molecule has 18 heavy (non-hydrogen) atoms. The molecule has 0 aliphatic rings. The van der Waals surface area contributed by atoms with Gasteiger partial charge in [0.1, 0.15) is 0 Å². The van der Waals surface area contributed by atoms with E-state index in [0.29, 0.717) is 0 Å². The number of carbonyl (C=O) groups excluding carboxylic acids is 1. The van der Waals surface area contributed by atoms with Crippen LogP contribution in [0.1, 0.15) is 27.0 Å². The van der Waals surface area contributed by atoms with Gasteiger partial charge in [0.05, 0.1) is 0 Å². The largest absolute Gasteiger partial charge is 0.289 e. The van der Waals surface area contributed by atoms with Crippen LogP contribution in [0.15, 0.2) is 54.6 Å². The van der Waals surface area contributed by atoms with E-state index in [1.54, 1.807) is 6.08 Å². The van der Waals surface area contributed by atoms with Gasteiger partial charge in [-0.15, -0.1) is 0 Å². The Morgan fingerprint density at radius 1 is 0.944 bits per heavy atom. The third-order valence-electron chi connectivity index (χ3n) is 2.92. The minimum absolute atomic E-state index is 0.0497.